The van der Waals surface area contributed by atoms with Crippen LogP contribution in [0.3, 0.4) is 0 Å². The number of carbonyl (C=O) groups is 2. The van der Waals surface area contributed by atoms with Crippen molar-refractivity contribution in [2.24, 2.45) is 5.92 Å². The fourth-order valence-electron chi connectivity index (χ4n) is 6.67. The summed E-state index contributed by atoms with van der Waals surface area (Å²) in [7, 11) is 0.0606. The summed E-state index contributed by atoms with van der Waals surface area (Å²) < 4.78 is 34.9. The molecule has 2 heterocycles. The number of benzene rings is 1. The zero-order chi connectivity index (χ0) is 35.7. The number of nitrogens with zero attached hydrogens (tertiary/aromatic N) is 4. The fraction of sp³-hybridized carbons (Fsp3) is 0.611. The van der Waals surface area contributed by atoms with Gasteiger partial charge in [0.2, 0.25) is 0 Å². The van der Waals surface area contributed by atoms with Crippen LogP contribution in [0.25, 0.3) is 22.3 Å². The maximum Gasteiger partial charge on any atom is 0.407 e. The lowest BCUT2D eigenvalue weighted by molar-refractivity contribution is 0.0519. The average Bonchev–Trinajstić information content (AvgIpc) is 3.80. The summed E-state index contributed by atoms with van der Waals surface area (Å²) in [6.07, 6.45) is 5.27. The third kappa shape index (κ3) is 8.54. The molecule has 0 spiro atoms. The van der Waals surface area contributed by atoms with E-state index in [9.17, 15) is 14.7 Å². The molecule has 3 aromatic rings. The van der Waals surface area contributed by atoms with Crippen LogP contribution in [0.1, 0.15) is 75.3 Å². The Morgan fingerprint density at radius 3 is 2.37 bits per heavy atom. The number of nitrogens with one attached hydrogen (secondary N) is 1. The number of amides is 2. The number of carbonyl (C=O) groups excluding carboxylic acids is 1. The minimum Gasteiger partial charge on any atom is -0.494 e. The molecule has 11 nitrogen and oxygen atoms in total. The summed E-state index contributed by atoms with van der Waals surface area (Å²) in [5.41, 5.74) is 2.43. The molecule has 2 N–H and O–H groups in total. The lowest BCUT2D eigenvalue weighted by Gasteiger charge is -2.42. The van der Waals surface area contributed by atoms with Gasteiger partial charge in [-0.2, -0.15) is 0 Å². The second-order valence-electron chi connectivity index (χ2n) is 15.7. The van der Waals surface area contributed by atoms with Crippen LogP contribution >= 0.6 is 0 Å². The predicted molar refractivity (Wildman–Crippen MR) is 190 cm³/mol. The summed E-state index contributed by atoms with van der Waals surface area (Å²) in [4.78, 5) is 37.0. The second-order valence-corrected chi connectivity index (χ2v) is 21.3. The molecular weight excluding hydrogens is 646 g/mol. The number of methoxy groups -OCH3 is 1. The number of rotatable bonds is 13. The molecule has 1 aromatic carbocycles. The minimum absolute atomic E-state index is 0.0739. The fourth-order valence-corrected chi connectivity index (χ4v) is 7.43. The first-order valence-corrected chi connectivity index (χ1v) is 21.0. The van der Waals surface area contributed by atoms with Crippen LogP contribution in [0, 0.1) is 18.7 Å². The first-order valence-electron chi connectivity index (χ1n) is 17.3. The van der Waals surface area contributed by atoms with Gasteiger partial charge in [0.25, 0.3) is 5.91 Å². The van der Waals surface area contributed by atoms with Gasteiger partial charge in [-0.25, -0.2) is 19.2 Å². The Morgan fingerprint density at radius 2 is 1.78 bits per heavy atom. The molecule has 2 saturated carbocycles. The molecule has 2 aliphatic carbocycles. The van der Waals surface area contributed by atoms with Crippen molar-refractivity contribution in [1.82, 2.24) is 24.8 Å². The van der Waals surface area contributed by atoms with E-state index in [-0.39, 0.29) is 30.5 Å². The molecule has 0 radical (unpaired) electrons. The van der Waals surface area contributed by atoms with E-state index in [0.29, 0.717) is 84.1 Å². The van der Waals surface area contributed by atoms with Crippen molar-refractivity contribution >= 4 is 31.1 Å². The molecule has 2 amide bonds. The Bertz CT molecular complexity index is 1670. The molecule has 0 unspecified atom stereocenters. The largest absolute Gasteiger partial charge is 0.494 e. The van der Waals surface area contributed by atoms with Crippen LogP contribution in [-0.4, -0.2) is 82.6 Å². The van der Waals surface area contributed by atoms with Gasteiger partial charge in [-0.15, -0.1) is 0 Å². The molecule has 0 saturated heterocycles. The molecule has 0 atom stereocenters. The van der Waals surface area contributed by atoms with Gasteiger partial charge in [-0.3, -0.25) is 4.79 Å². The summed E-state index contributed by atoms with van der Waals surface area (Å²) in [6.45, 7) is 15.7. The zero-order valence-corrected chi connectivity index (χ0v) is 31.2. The Balaban J connectivity index is 1.50. The Kier molecular flexibility index (Phi) is 10.9. The summed E-state index contributed by atoms with van der Waals surface area (Å²) in [6, 6.07) is 3.67. The van der Waals surface area contributed by atoms with Gasteiger partial charge in [-0.05, 0) is 84.2 Å². The van der Waals surface area contributed by atoms with Gasteiger partial charge >= 0.3 is 6.09 Å². The molecule has 2 fully saturated rings. The van der Waals surface area contributed by atoms with Gasteiger partial charge in [0, 0.05) is 49.6 Å². The number of halogens is 1. The third-order valence-electron chi connectivity index (χ3n) is 9.55. The highest BCUT2D eigenvalue weighted by Crippen LogP contribution is 2.41. The smallest absolute Gasteiger partial charge is 0.407 e. The normalized spacial score (nSPS) is 18.4. The van der Waals surface area contributed by atoms with Gasteiger partial charge in [0.05, 0.1) is 24.8 Å². The van der Waals surface area contributed by atoms with E-state index in [4.69, 9.17) is 14.2 Å². The van der Waals surface area contributed by atoms with E-state index in [1.54, 1.807) is 6.07 Å². The molecule has 2 aliphatic rings. The Labute approximate surface area is 289 Å². The SMILES string of the molecule is COc1cc(OCC2CC2)c(-c2ncnc3c(C(=O)N[C@H]4CC[C@@H](N(C(=O)O)C(C)(C)C)CC4)c(C)n(COCC[Si](C)(C)C)c23)cc1F. The average molecular weight is 698 g/mol. The van der Waals surface area contributed by atoms with Crippen LogP contribution in [0.4, 0.5) is 9.18 Å². The highest BCUT2D eigenvalue weighted by atomic mass is 28.3. The van der Waals surface area contributed by atoms with E-state index < -0.39 is 25.5 Å². The van der Waals surface area contributed by atoms with Crippen molar-refractivity contribution < 1.29 is 33.3 Å². The monoisotopic (exact) mass is 697 g/mol. The molecule has 0 bridgehead atoms. The maximum atomic E-state index is 15.3. The molecule has 5 rings (SSSR count). The number of hydrogen-bond donors (Lipinski definition) is 2. The van der Waals surface area contributed by atoms with Gasteiger partial charge in [0.1, 0.15) is 30.0 Å². The van der Waals surface area contributed by atoms with E-state index in [1.165, 1.54) is 24.4 Å². The highest BCUT2D eigenvalue weighted by molar-refractivity contribution is 6.76. The van der Waals surface area contributed by atoms with E-state index in [2.05, 4.69) is 34.9 Å². The van der Waals surface area contributed by atoms with Crippen molar-refractivity contribution in [2.45, 2.75) is 116 Å². The summed E-state index contributed by atoms with van der Waals surface area (Å²) >= 11 is 0. The topological polar surface area (TPSA) is 128 Å². The van der Waals surface area contributed by atoms with Crippen molar-refractivity contribution in [1.29, 1.82) is 0 Å². The lowest BCUT2D eigenvalue weighted by atomic mass is 9.88. The summed E-state index contributed by atoms with van der Waals surface area (Å²) in [5.74, 6) is 0.166. The van der Waals surface area contributed by atoms with Gasteiger partial charge in [-0.1, -0.05) is 19.6 Å². The number of aromatic nitrogens is 3. The lowest BCUT2D eigenvalue weighted by Crippen LogP contribution is -2.53. The minimum atomic E-state index is -1.36. The van der Waals surface area contributed by atoms with Crippen molar-refractivity contribution in [3.8, 4) is 22.8 Å². The van der Waals surface area contributed by atoms with Crippen molar-refractivity contribution in [2.75, 3.05) is 20.3 Å². The van der Waals surface area contributed by atoms with Crippen molar-refractivity contribution in [3.05, 3.63) is 35.5 Å². The number of ether oxygens (including phenoxy) is 3. The second kappa shape index (κ2) is 14.6. The highest BCUT2D eigenvalue weighted by Gasteiger charge is 2.36. The zero-order valence-electron chi connectivity index (χ0n) is 30.2. The van der Waals surface area contributed by atoms with E-state index in [1.807, 2.05) is 32.3 Å². The molecule has 268 valence electrons. The maximum absolute atomic E-state index is 15.3. The van der Waals surface area contributed by atoms with Crippen LogP contribution in [0.2, 0.25) is 25.7 Å². The summed E-state index contributed by atoms with van der Waals surface area (Å²) in [5, 5.41) is 13.1. The van der Waals surface area contributed by atoms with Crippen molar-refractivity contribution in [3.63, 3.8) is 0 Å². The Hall–Kier alpha value is -3.71. The van der Waals surface area contributed by atoms with Crippen LogP contribution in [0.15, 0.2) is 18.5 Å². The number of fused-ring (bicyclic) bond motifs is 1. The quantitative estimate of drug-likeness (QED) is 0.139. The van der Waals surface area contributed by atoms with Crippen LogP contribution < -0.4 is 14.8 Å². The molecular formula is C36H52FN5O6Si. The predicted octanol–water partition coefficient (Wildman–Crippen LogP) is 7.48. The molecule has 13 heteroatoms. The molecule has 2 aromatic heterocycles. The standard InChI is InChI=1S/C36H52FN5O6Si/c1-22-30(34(43)40-24-11-13-25(14-12-24)42(35(44)45)36(2,3)4)32-33(41(22)21-47-15-16-49(6,7)8)31(38-20-39-32)26-17-27(37)29(46-5)18-28(26)48-19-23-9-10-23/h17-18,20,23-25H,9-16,19,21H2,1-8H3,(H,40,43)(H,44,45)/t24-,25+. The van der Waals surface area contributed by atoms with Crippen LogP contribution in [-0.2, 0) is 11.5 Å². The first kappa shape index (κ1) is 36.6. The van der Waals surface area contributed by atoms with Gasteiger partial charge in [0.15, 0.2) is 11.6 Å². The third-order valence-corrected chi connectivity index (χ3v) is 11.3. The number of hydrogen-bond acceptors (Lipinski definition) is 7. The first-order chi connectivity index (χ1) is 23.1. The molecule has 0 aliphatic heterocycles. The Morgan fingerprint density at radius 1 is 1.08 bits per heavy atom. The molecule has 49 heavy (non-hydrogen) atoms. The van der Waals surface area contributed by atoms with Crippen LogP contribution in [0.5, 0.6) is 11.5 Å². The van der Waals surface area contributed by atoms with E-state index >= 15 is 4.39 Å². The number of carboxylic acid groups (broad SMARTS) is 1. The van der Waals surface area contributed by atoms with Gasteiger partial charge < -0.3 is 34.1 Å². The van der Waals surface area contributed by atoms with E-state index in [0.717, 1.165) is 18.9 Å².